The predicted octanol–water partition coefficient (Wildman–Crippen LogP) is 3.32. The van der Waals surface area contributed by atoms with Crippen LogP contribution in [-0.4, -0.2) is 25.6 Å². The third kappa shape index (κ3) is 3.43. The highest BCUT2D eigenvalue weighted by Gasteiger charge is 2.33. The van der Waals surface area contributed by atoms with E-state index in [1.165, 1.54) is 23.8 Å². The molecule has 0 aromatic carbocycles. The molecule has 0 unspecified atom stereocenters. The van der Waals surface area contributed by atoms with Crippen molar-refractivity contribution in [3.8, 4) is 16.9 Å². The van der Waals surface area contributed by atoms with Crippen LogP contribution in [0.1, 0.15) is 21.7 Å². The average molecular weight is 375 g/mol. The summed E-state index contributed by atoms with van der Waals surface area (Å²) < 4.78 is 40.3. The molecule has 6 nitrogen and oxygen atoms in total. The minimum absolute atomic E-state index is 0.0763. The van der Waals surface area contributed by atoms with Crippen molar-refractivity contribution < 1.29 is 23.1 Å². The Morgan fingerprint density at radius 1 is 1.15 bits per heavy atom. The molecule has 3 rings (SSSR count). The maximum Gasteiger partial charge on any atom is 0.433 e. The fraction of sp³-hybridized carbons (Fsp3) is 0.111. The fourth-order valence-corrected chi connectivity index (χ4v) is 2.67. The van der Waals surface area contributed by atoms with Gasteiger partial charge in [-0.1, -0.05) is 6.07 Å². The molecule has 0 atom stereocenters. The normalized spacial score (nSPS) is 11.4. The van der Waals surface area contributed by atoms with Gasteiger partial charge in [0, 0.05) is 29.8 Å². The summed E-state index contributed by atoms with van der Waals surface area (Å²) in [4.78, 5) is 31.5. The summed E-state index contributed by atoms with van der Waals surface area (Å²) >= 11 is 0. The number of aromatic nitrogens is 3. The number of hydrogen-bond acceptors (Lipinski definition) is 4. The van der Waals surface area contributed by atoms with E-state index in [4.69, 9.17) is 0 Å². The Morgan fingerprint density at radius 3 is 2.48 bits per heavy atom. The van der Waals surface area contributed by atoms with E-state index < -0.39 is 28.8 Å². The molecule has 0 radical (unpaired) electrons. The molecule has 0 amide bonds. The van der Waals surface area contributed by atoms with Crippen molar-refractivity contribution >= 4 is 5.97 Å². The molecule has 3 aromatic heterocycles. The molecule has 0 aliphatic heterocycles. The van der Waals surface area contributed by atoms with Gasteiger partial charge in [-0.25, -0.2) is 9.78 Å². The number of halogens is 3. The van der Waals surface area contributed by atoms with Gasteiger partial charge >= 0.3 is 12.1 Å². The number of nitrogens with zero attached hydrogens (tertiary/aromatic N) is 3. The summed E-state index contributed by atoms with van der Waals surface area (Å²) in [6.07, 6.45) is -1.19. The Balaban J connectivity index is 2.35. The van der Waals surface area contributed by atoms with E-state index in [-0.39, 0.29) is 16.8 Å². The predicted molar refractivity (Wildman–Crippen MR) is 89.8 cm³/mol. The SMILES string of the molecule is Cc1c(-c2ccnc(C(F)(F)F)c2)c(=O)c(C(=O)O)cn1-c1ccccn1. The van der Waals surface area contributed by atoms with E-state index in [1.807, 2.05) is 0 Å². The number of aromatic carboxylic acids is 1. The van der Waals surface area contributed by atoms with Gasteiger partial charge in [0.15, 0.2) is 0 Å². The summed E-state index contributed by atoms with van der Waals surface area (Å²) in [6, 6.07) is 6.85. The van der Waals surface area contributed by atoms with Crippen LogP contribution in [0.4, 0.5) is 13.2 Å². The molecule has 9 heteroatoms. The van der Waals surface area contributed by atoms with Crippen molar-refractivity contribution in [2.45, 2.75) is 13.1 Å². The van der Waals surface area contributed by atoms with E-state index in [9.17, 15) is 27.9 Å². The number of hydrogen-bond donors (Lipinski definition) is 1. The van der Waals surface area contributed by atoms with Crippen LogP contribution in [-0.2, 0) is 6.18 Å². The first-order valence-electron chi connectivity index (χ1n) is 7.64. The molecular weight excluding hydrogens is 363 g/mol. The Hall–Kier alpha value is -3.49. The molecular formula is C18H12F3N3O3. The summed E-state index contributed by atoms with van der Waals surface area (Å²) in [5.74, 6) is -1.17. The molecule has 0 aliphatic rings. The molecule has 0 fully saturated rings. The molecule has 0 bridgehead atoms. The van der Waals surface area contributed by atoms with Gasteiger partial charge in [-0.3, -0.25) is 9.78 Å². The molecule has 0 saturated carbocycles. The van der Waals surface area contributed by atoms with Gasteiger partial charge in [-0.15, -0.1) is 0 Å². The highest BCUT2D eigenvalue weighted by Crippen LogP contribution is 2.31. The minimum Gasteiger partial charge on any atom is -0.477 e. The second-order valence-corrected chi connectivity index (χ2v) is 5.62. The van der Waals surface area contributed by atoms with Crippen LogP contribution in [0.15, 0.2) is 53.7 Å². The van der Waals surface area contributed by atoms with Crippen molar-refractivity contribution in [3.05, 3.63) is 76.1 Å². The van der Waals surface area contributed by atoms with Gasteiger partial charge < -0.3 is 9.67 Å². The maximum absolute atomic E-state index is 13.0. The van der Waals surface area contributed by atoms with Crippen molar-refractivity contribution in [3.63, 3.8) is 0 Å². The quantitative estimate of drug-likeness (QED) is 0.759. The summed E-state index contributed by atoms with van der Waals surface area (Å²) in [5.41, 5.74) is -2.62. The number of rotatable bonds is 3. The van der Waals surface area contributed by atoms with Gasteiger partial charge in [0.2, 0.25) is 5.43 Å². The second kappa shape index (κ2) is 6.67. The molecule has 0 saturated heterocycles. The monoisotopic (exact) mass is 375 g/mol. The standard InChI is InChI=1S/C18H12F3N3O3/c1-10-15(11-5-7-22-13(8-11)18(19,20)21)16(25)12(17(26)27)9-24(10)14-4-2-3-6-23-14/h2-9H,1H3,(H,26,27). The molecule has 0 spiro atoms. The van der Waals surface area contributed by atoms with Gasteiger partial charge in [0.05, 0.1) is 0 Å². The Labute approximate surface area is 150 Å². The second-order valence-electron chi connectivity index (χ2n) is 5.62. The van der Waals surface area contributed by atoms with E-state index in [2.05, 4.69) is 9.97 Å². The van der Waals surface area contributed by atoms with Gasteiger partial charge in [0.25, 0.3) is 0 Å². The minimum atomic E-state index is -4.70. The molecule has 3 heterocycles. The first-order valence-corrected chi connectivity index (χ1v) is 7.64. The molecule has 138 valence electrons. The Morgan fingerprint density at radius 2 is 1.89 bits per heavy atom. The van der Waals surface area contributed by atoms with Crippen LogP contribution in [0.25, 0.3) is 16.9 Å². The lowest BCUT2D eigenvalue weighted by atomic mass is 10.0. The van der Waals surface area contributed by atoms with Gasteiger partial charge in [0.1, 0.15) is 17.1 Å². The zero-order chi connectivity index (χ0) is 19.8. The van der Waals surface area contributed by atoms with Crippen molar-refractivity contribution in [1.29, 1.82) is 0 Å². The Bertz CT molecular complexity index is 1080. The van der Waals surface area contributed by atoms with Crippen LogP contribution in [0, 0.1) is 6.92 Å². The van der Waals surface area contributed by atoms with E-state index in [1.54, 1.807) is 18.2 Å². The van der Waals surface area contributed by atoms with Gasteiger partial charge in [-0.2, -0.15) is 13.2 Å². The summed E-state index contributed by atoms with van der Waals surface area (Å²) in [6.45, 7) is 1.50. The molecule has 1 N–H and O–H groups in total. The lowest BCUT2D eigenvalue weighted by Gasteiger charge is -2.16. The van der Waals surface area contributed by atoms with Crippen LogP contribution in [0.3, 0.4) is 0 Å². The lowest BCUT2D eigenvalue weighted by molar-refractivity contribution is -0.141. The van der Waals surface area contributed by atoms with Crippen LogP contribution >= 0.6 is 0 Å². The smallest absolute Gasteiger partial charge is 0.433 e. The summed E-state index contributed by atoms with van der Waals surface area (Å²) in [7, 11) is 0. The number of carbonyl (C=O) groups is 1. The zero-order valence-electron chi connectivity index (χ0n) is 13.9. The first kappa shape index (κ1) is 18.3. The fourth-order valence-electron chi connectivity index (χ4n) is 2.67. The van der Waals surface area contributed by atoms with Crippen LogP contribution in [0.2, 0.25) is 0 Å². The topological polar surface area (TPSA) is 85.1 Å². The number of carboxylic acids is 1. The van der Waals surface area contributed by atoms with Crippen molar-refractivity contribution in [1.82, 2.24) is 14.5 Å². The van der Waals surface area contributed by atoms with E-state index in [0.29, 0.717) is 5.82 Å². The molecule has 27 heavy (non-hydrogen) atoms. The van der Waals surface area contributed by atoms with E-state index >= 15 is 0 Å². The van der Waals surface area contributed by atoms with Crippen molar-refractivity contribution in [2.24, 2.45) is 0 Å². The number of pyridine rings is 3. The first-order chi connectivity index (χ1) is 12.7. The lowest BCUT2D eigenvalue weighted by Crippen LogP contribution is -2.22. The molecule has 0 aliphatic carbocycles. The van der Waals surface area contributed by atoms with Crippen molar-refractivity contribution in [2.75, 3.05) is 0 Å². The third-order valence-electron chi connectivity index (χ3n) is 3.92. The maximum atomic E-state index is 13.0. The third-order valence-corrected chi connectivity index (χ3v) is 3.92. The highest BCUT2D eigenvalue weighted by atomic mass is 19.4. The number of carboxylic acid groups (broad SMARTS) is 1. The van der Waals surface area contributed by atoms with E-state index in [0.717, 1.165) is 18.5 Å². The average Bonchev–Trinajstić information content (AvgIpc) is 2.62. The van der Waals surface area contributed by atoms with Gasteiger partial charge in [-0.05, 0) is 36.8 Å². The summed E-state index contributed by atoms with van der Waals surface area (Å²) in [5, 5.41) is 9.36. The van der Waals surface area contributed by atoms with Crippen LogP contribution < -0.4 is 5.43 Å². The number of alkyl halides is 3. The van der Waals surface area contributed by atoms with Crippen LogP contribution in [0.5, 0.6) is 0 Å². The zero-order valence-corrected chi connectivity index (χ0v) is 13.9. The molecule has 3 aromatic rings. The highest BCUT2D eigenvalue weighted by molar-refractivity contribution is 5.89. The largest absolute Gasteiger partial charge is 0.477 e. The Kier molecular flexibility index (Phi) is 4.52.